The molecule has 0 aliphatic carbocycles. The lowest BCUT2D eigenvalue weighted by molar-refractivity contribution is 0.155. The van der Waals surface area contributed by atoms with E-state index in [0.717, 1.165) is 38.6 Å². The molecule has 0 atom stereocenters. The molecule has 0 aromatic heterocycles. The van der Waals surface area contributed by atoms with Gasteiger partial charge in [0.2, 0.25) is 0 Å². The van der Waals surface area contributed by atoms with Crippen molar-refractivity contribution < 1.29 is 0 Å². The lowest BCUT2D eigenvalue weighted by Crippen LogP contribution is -2.43. The fourth-order valence-corrected chi connectivity index (χ4v) is 1.76. The van der Waals surface area contributed by atoms with Crippen molar-refractivity contribution in [2.24, 2.45) is 17.1 Å². The molecule has 0 heterocycles. The Morgan fingerprint density at radius 3 is 2.06 bits per heavy atom. The Labute approximate surface area is 102 Å². The van der Waals surface area contributed by atoms with Crippen molar-refractivity contribution in [3.63, 3.8) is 0 Å². The zero-order chi connectivity index (χ0) is 12.8. The summed E-state index contributed by atoms with van der Waals surface area (Å²) in [4.78, 5) is 4.78. The van der Waals surface area contributed by atoms with Crippen molar-refractivity contribution >= 4 is 0 Å². The van der Waals surface area contributed by atoms with Gasteiger partial charge in [0.1, 0.15) is 0 Å². The monoisotopic (exact) mass is 229 g/mol. The smallest absolute Gasteiger partial charge is 0.0109 e. The quantitative estimate of drug-likeness (QED) is 0.684. The van der Waals surface area contributed by atoms with Crippen molar-refractivity contribution in [1.82, 2.24) is 9.80 Å². The second kappa shape index (κ2) is 7.25. The molecule has 0 aliphatic rings. The second-order valence-electron chi connectivity index (χ2n) is 6.30. The highest BCUT2D eigenvalue weighted by Gasteiger charge is 2.20. The summed E-state index contributed by atoms with van der Waals surface area (Å²) in [6.07, 6.45) is 0. The standard InChI is InChI=1S/C13H31N3/c1-12(2)9-16(8-7-15(5)6)11-13(3,4)10-14/h12H,7-11,14H2,1-6H3. The first kappa shape index (κ1) is 15.9. The van der Waals surface area contributed by atoms with Crippen LogP contribution in [0.25, 0.3) is 0 Å². The predicted octanol–water partition coefficient (Wildman–Crippen LogP) is 1.49. The Hall–Kier alpha value is -0.120. The zero-order valence-corrected chi connectivity index (χ0v) is 12.1. The summed E-state index contributed by atoms with van der Waals surface area (Å²) in [5.74, 6) is 0.718. The Balaban J connectivity index is 4.20. The van der Waals surface area contributed by atoms with Gasteiger partial charge in [0, 0.05) is 26.2 Å². The number of hydrogen-bond acceptors (Lipinski definition) is 3. The molecule has 3 nitrogen and oxygen atoms in total. The van der Waals surface area contributed by atoms with Crippen LogP contribution in [0.1, 0.15) is 27.7 Å². The van der Waals surface area contributed by atoms with Crippen molar-refractivity contribution in [1.29, 1.82) is 0 Å². The van der Waals surface area contributed by atoms with Crippen molar-refractivity contribution in [3.8, 4) is 0 Å². The fraction of sp³-hybridized carbons (Fsp3) is 1.00. The maximum Gasteiger partial charge on any atom is 0.0109 e. The lowest BCUT2D eigenvalue weighted by Gasteiger charge is -2.33. The number of likely N-dealkylation sites (N-methyl/N-ethyl adjacent to an activating group) is 1. The molecule has 3 heteroatoms. The molecule has 0 radical (unpaired) electrons. The van der Waals surface area contributed by atoms with Gasteiger partial charge in [-0.15, -0.1) is 0 Å². The van der Waals surface area contributed by atoms with Gasteiger partial charge in [0.05, 0.1) is 0 Å². The van der Waals surface area contributed by atoms with Gasteiger partial charge in [-0.25, -0.2) is 0 Å². The van der Waals surface area contributed by atoms with Crippen LogP contribution in [-0.4, -0.2) is 56.6 Å². The molecule has 0 aliphatic heterocycles. The molecule has 0 rings (SSSR count). The van der Waals surface area contributed by atoms with E-state index in [0.29, 0.717) is 0 Å². The third-order valence-corrected chi connectivity index (χ3v) is 2.69. The highest BCUT2D eigenvalue weighted by molar-refractivity contribution is 4.75. The first-order valence-electron chi connectivity index (χ1n) is 6.34. The van der Waals surface area contributed by atoms with Gasteiger partial charge in [0.15, 0.2) is 0 Å². The van der Waals surface area contributed by atoms with Crippen molar-refractivity contribution in [2.45, 2.75) is 27.7 Å². The minimum Gasteiger partial charge on any atom is -0.330 e. The van der Waals surface area contributed by atoms with E-state index in [1.165, 1.54) is 0 Å². The SMILES string of the molecule is CC(C)CN(CCN(C)C)CC(C)(C)CN. The maximum atomic E-state index is 5.80. The summed E-state index contributed by atoms with van der Waals surface area (Å²) in [6, 6.07) is 0. The van der Waals surface area contributed by atoms with E-state index in [1.807, 2.05) is 0 Å². The molecule has 0 spiro atoms. The molecular weight excluding hydrogens is 198 g/mol. The highest BCUT2D eigenvalue weighted by atomic mass is 15.2. The van der Waals surface area contributed by atoms with Gasteiger partial charge in [0.25, 0.3) is 0 Å². The molecule has 0 amide bonds. The van der Waals surface area contributed by atoms with Gasteiger partial charge in [-0.3, -0.25) is 0 Å². The molecule has 98 valence electrons. The topological polar surface area (TPSA) is 32.5 Å². The fourth-order valence-electron chi connectivity index (χ4n) is 1.76. The van der Waals surface area contributed by atoms with E-state index in [9.17, 15) is 0 Å². The van der Waals surface area contributed by atoms with Crippen LogP contribution < -0.4 is 5.73 Å². The second-order valence-corrected chi connectivity index (χ2v) is 6.30. The minimum atomic E-state index is 0.223. The van der Waals surface area contributed by atoms with Crippen LogP contribution in [0, 0.1) is 11.3 Å². The normalized spacial score (nSPS) is 13.1. The molecule has 0 bridgehead atoms. The summed E-state index contributed by atoms with van der Waals surface area (Å²) < 4.78 is 0. The average Bonchev–Trinajstić information content (AvgIpc) is 2.13. The van der Waals surface area contributed by atoms with Gasteiger partial charge >= 0.3 is 0 Å². The van der Waals surface area contributed by atoms with E-state index in [-0.39, 0.29) is 5.41 Å². The van der Waals surface area contributed by atoms with Crippen LogP contribution >= 0.6 is 0 Å². The Bertz CT molecular complexity index is 176. The van der Waals surface area contributed by atoms with Gasteiger partial charge < -0.3 is 15.5 Å². The molecule has 0 aromatic carbocycles. The largest absolute Gasteiger partial charge is 0.330 e. The molecular formula is C13H31N3. The van der Waals surface area contributed by atoms with Gasteiger partial charge in [-0.1, -0.05) is 27.7 Å². The third kappa shape index (κ3) is 8.08. The number of nitrogens with two attached hydrogens (primary N) is 1. The zero-order valence-electron chi connectivity index (χ0n) is 12.1. The van der Waals surface area contributed by atoms with E-state index in [1.54, 1.807) is 0 Å². The lowest BCUT2D eigenvalue weighted by atomic mass is 9.92. The summed E-state index contributed by atoms with van der Waals surface area (Å²) in [5, 5.41) is 0. The molecule has 0 saturated heterocycles. The van der Waals surface area contributed by atoms with Crippen LogP contribution in [0.3, 0.4) is 0 Å². The molecule has 16 heavy (non-hydrogen) atoms. The van der Waals surface area contributed by atoms with Crippen LogP contribution in [0.5, 0.6) is 0 Å². The Morgan fingerprint density at radius 2 is 1.69 bits per heavy atom. The van der Waals surface area contributed by atoms with Crippen LogP contribution in [0.15, 0.2) is 0 Å². The Kier molecular flexibility index (Phi) is 7.20. The average molecular weight is 229 g/mol. The number of nitrogens with zero attached hydrogens (tertiary/aromatic N) is 2. The van der Waals surface area contributed by atoms with Crippen LogP contribution in [0.4, 0.5) is 0 Å². The number of hydrogen-bond donors (Lipinski definition) is 1. The minimum absolute atomic E-state index is 0.223. The third-order valence-electron chi connectivity index (χ3n) is 2.69. The summed E-state index contributed by atoms with van der Waals surface area (Å²) in [5.41, 5.74) is 6.03. The van der Waals surface area contributed by atoms with E-state index in [4.69, 9.17) is 5.73 Å². The molecule has 0 aromatic rings. The van der Waals surface area contributed by atoms with E-state index in [2.05, 4.69) is 51.6 Å². The van der Waals surface area contributed by atoms with Crippen molar-refractivity contribution in [2.75, 3.05) is 46.8 Å². The molecule has 0 saturated carbocycles. The molecule has 0 fully saturated rings. The predicted molar refractivity (Wildman–Crippen MR) is 72.7 cm³/mol. The van der Waals surface area contributed by atoms with Crippen LogP contribution in [-0.2, 0) is 0 Å². The maximum absolute atomic E-state index is 5.80. The van der Waals surface area contributed by atoms with Crippen LogP contribution in [0.2, 0.25) is 0 Å². The van der Waals surface area contributed by atoms with E-state index < -0.39 is 0 Å². The van der Waals surface area contributed by atoms with E-state index >= 15 is 0 Å². The van der Waals surface area contributed by atoms with Gasteiger partial charge in [-0.2, -0.15) is 0 Å². The summed E-state index contributed by atoms with van der Waals surface area (Å²) in [6.45, 7) is 14.3. The molecule has 2 N–H and O–H groups in total. The highest BCUT2D eigenvalue weighted by Crippen LogP contribution is 2.15. The van der Waals surface area contributed by atoms with Crippen molar-refractivity contribution in [3.05, 3.63) is 0 Å². The Morgan fingerprint density at radius 1 is 1.12 bits per heavy atom. The van der Waals surface area contributed by atoms with Gasteiger partial charge in [-0.05, 0) is 32.0 Å². The summed E-state index contributed by atoms with van der Waals surface area (Å²) >= 11 is 0. The summed E-state index contributed by atoms with van der Waals surface area (Å²) in [7, 11) is 4.25. The molecule has 0 unspecified atom stereocenters. The number of rotatable bonds is 8. The first-order valence-corrected chi connectivity index (χ1v) is 6.34. The first-order chi connectivity index (χ1) is 7.26.